The third-order valence-corrected chi connectivity index (χ3v) is 4.57. The van der Waals surface area contributed by atoms with Gasteiger partial charge in [-0.25, -0.2) is 0 Å². The number of benzene rings is 2. The fourth-order valence-electron chi connectivity index (χ4n) is 3.11. The van der Waals surface area contributed by atoms with Crippen molar-refractivity contribution in [3.05, 3.63) is 66.0 Å². The minimum atomic E-state index is -0.271. The number of rotatable bonds is 5. The lowest BCUT2D eigenvalue weighted by atomic mass is 10.2. The smallest absolute Gasteiger partial charge is 0.272 e. The number of nitrogens with zero attached hydrogens (tertiary/aromatic N) is 5. The maximum Gasteiger partial charge on any atom is 0.272 e. The molecule has 0 spiro atoms. The molecule has 2 aromatic carbocycles. The van der Waals surface area contributed by atoms with Gasteiger partial charge in [0, 0.05) is 7.05 Å². The number of amides is 1. The van der Waals surface area contributed by atoms with Crippen LogP contribution in [0.5, 0.6) is 11.5 Å². The van der Waals surface area contributed by atoms with Gasteiger partial charge in [-0.1, -0.05) is 42.5 Å². The van der Waals surface area contributed by atoms with Gasteiger partial charge in [-0.15, -0.1) is 5.10 Å². The van der Waals surface area contributed by atoms with Crippen molar-refractivity contribution < 1.29 is 14.3 Å². The van der Waals surface area contributed by atoms with Gasteiger partial charge in [0.1, 0.15) is 12.3 Å². The first-order valence-electron chi connectivity index (χ1n) is 9.28. The number of carbonyl (C=O) groups excluding carboxylic acids is 1. The first-order valence-corrected chi connectivity index (χ1v) is 9.28. The normalized spacial score (nSPS) is 15.8. The molecular weight excluding hydrogens is 370 g/mol. The van der Waals surface area contributed by atoms with E-state index in [2.05, 4.69) is 15.5 Å². The third-order valence-electron chi connectivity index (χ3n) is 4.57. The molecule has 29 heavy (non-hydrogen) atoms. The van der Waals surface area contributed by atoms with Gasteiger partial charge in [0.25, 0.3) is 5.91 Å². The Balaban J connectivity index is 1.55. The predicted octanol–water partition coefficient (Wildman–Crippen LogP) is 2.28. The third kappa shape index (κ3) is 4.11. The topological polar surface area (TPSA) is 82.4 Å². The number of fused-ring (bicyclic) bond motifs is 1. The zero-order valence-corrected chi connectivity index (χ0v) is 16.2. The molecule has 0 saturated carbocycles. The summed E-state index contributed by atoms with van der Waals surface area (Å²) in [6, 6.07) is 17.1. The molecule has 148 valence electrons. The maximum atomic E-state index is 13.3. The van der Waals surface area contributed by atoms with Crippen molar-refractivity contribution in [3.8, 4) is 11.5 Å². The SMILES string of the molecule is Cc1nnnn1/C(=C\c1ccccc1)C(=O)N(C)C[C@@H]1COc2ccccc2O1. The fraction of sp³-hybridized carbons (Fsp3) is 0.238. The van der Waals surface area contributed by atoms with Crippen LogP contribution in [0.15, 0.2) is 54.6 Å². The van der Waals surface area contributed by atoms with E-state index < -0.39 is 0 Å². The first kappa shape index (κ1) is 18.7. The molecule has 1 amide bonds. The molecule has 1 aliphatic heterocycles. The van der Waals surface area contributed by atoms with Crippen LogP contribution >= 0.6 is 0 Å². The number of hydrogen-bond acceptors (Lipinski definition) is 6. The predicted molar refractivity (Wildman–Crippen MR) is 107 cm³/mol. The van der Waals surface area contributed by atoms with Crippen LogP contribution in [0.25, 0.3) is 11.8 Å². The van der Waals surface area contributed by atoms with Gasteiger partial charge >= 0.3 is 0 Å². The summed E-state index contributed by atoms with van der Waals surface area (Å²) in [6.45, 7) is 2.48. The number of aryl methyl sites for hydroxylation is 1. The average molecular weight is 391 g/mol. The van der Waals surface area contributed by atoms with E-state index in [-0.39, 0.29) is 12.0 Å². The van der Waals surface area contributed by atoms with Crippen molar-refractivity contribution in [2.45, 2.75) is 13.0 Å². The summed E-state index contributed by atoms with van der Waals surface area (Å²) in [5.41, 5.74) is 1.24. The zero-order valence-electron chi connectivity index (χ0n) is 16.2. The van der Waals surface area contributed by atoms with Crippen LogP contribution in [0.1, 0.15) is 11.4 Å². The average Bonchev–Trinajstić information content (AvgIpc) is 3.17. The number of para-hydroxylation sites is 2. The monoisotopic (exact) mass is 391 g/mol. The van der Waals surface area contributed by atoms with E-state index in [0.29, 0.717) is 36.2 Å². The number of aromatic nitrogens is 4. The summed E-state index contributed by atoms with van der Waals surface area (Å²) >= 11 is 0. The van der Waals surface area contributed by atoms with Crippen molar-refractivity contribution in [2.24, 2.45) is 0 Å². The molecule has 0 bridgehead atoms. The fourth-order valence-corrected chi connectivity index (χ4v) is 3.11. The molecule has 4 rings (SSSR count). The Hall–Kier alpha value is -3.68. The summed E-state index contributed by atoms with van der Waals surface area (Å²) in [5, 5.41) is 11.6. The quantitative estimate of drug-likeness (QED) is 0.621. The van der Waals surface area contributed by atoms with Crippen molar-refractivity contribution >= 4 is 17.7 Å². The Kier molecular flexibility index (Phi) is 5.24. The van der Waals surface area contributed by atoms with E-state index >= 15 is 0 Å². The Morgan fingerprint density at radius 1 is 1.17 bits per heavy atom. The van der Waals surface area contributed by atoms with E-state index in [1.807, 2.05) is 54.6 Å². The summed E-state index contributed by atoms with van der Waals surface area (Å²) < 4.78 is 13.2. The second-order valence-corrected chi connectivity index (χ2v) is 6.76. The molecule has 8 heteroatoms. The van der Waals surface area contributed by atoms with Crippen LogP contribution in [0, 0.1) is 6.92 Å². The number of hydrogen-bond donors (Lipinski definition) is 0. The molecule has 0 fully saturated rings. The summed E-state index contributed by atoms with van der Waals surface area (Å²) in [7, 11) is 1.73. The minimum Gasteiger partial charge on any atom is -0.486 e. The van der Waals surface area contributed by atoms with Crippen LogP contribution < -0.4 is 9.47 Å². The second kappa shape index (κ2) is 8.14. The number of carbonyl (C=O) groups is 1. The molecule has 0 radical (unpaired) electrons. The molecular formula is C21H21N5O3. The van der Waals surface area contributed by atoms with Gasteiger partial charge in [-0.05, 0) is 41.1 Å². The Labute approximate surface area is 168 Å². The number of tetrazole rings is 1. The molecule has 2 heterocycles. The van der Waals surface area contributed by atoms with E-state index in [4.69, 9.17) is 9.47 Å². The van der Waals surface area contributed by atoms with Gasteiger partial charge in [0.2, 0.25) is 0 Å². The van der Waals surface area contributed by atoms with E-state index in [0.717, 1.165) is 5.56 Å². The molecule has 0 saturated heterocycles. The largest absolute Gasteiger partial charge is 0.486 e. The lowest BCUT2D eigenvalue weighted by Crippen LogP contribution is -2.42. The second-order valence-electron chi connectivity index (χ2n) is 6.76. The molecule has 0 unspecified atom stereocenters. The zero-order chi connectivity index (χ0) is 20.2. The highest BCUT2D eigenvalue weighted by Gasteiger charge is 2.26. The lowest BCUT2D eigenvalue weighted by Gasteiger charge is -2.30. The van der Waals surface area contributed by atoms with E-state index in [9.17, 15) is 4.79 Å². The number of likely N-dealkylation sites (N-methyl/N-ethyl adjacent to an activating group) is 1. The van der Waals surface area contributed by atoms with Crippen LogP contribution in [0.3, 0.4) is 0 Å². The molecule has 0 aliphatic carbocycles. The van der Waals surface area contributed by atoms with Gasteiger partial charge in [0.05, 0.1) is 6.54 Å². The van der Waals surface area contributed by atoms with Gasteiger partial charge in [0.15, 0.2) is 23.4 Å². The van der Waals surface area contributed by atoms with Crippen molar-refractivity contribution in [2.75, 3.05) is 20.2 Å². The standard InChI is InChI=1S/C21H21N5O3/c1-15-22-23-24-26(15)18(12-16-8-4-3-5-9-16)21(27)25(2)13-17-14-28-19-10-6-7-11-20(19)29-17/h3-12,17H,13-14H2,1-2H3/b18-12-/t17-/m1/s1. The van der Waals surface area contributed by atoms with Gasteiger partial charge < -0.3 is 14.4 Å². The van der Waals surface area contributed by atoms with Crippen molar-refractivity contribution in [3.63, 3.8) is 0 Å². The van der Waals surface area contributed by atoms with Crippen molar-refractivity contribution in [1.82, 2.24) is 25.1 Å². The first-order chi connectivity index (χ1) is 14.1. The van der Waals surface area contributed by atoms with E-state index in [1.54, 1.807) is 24.9 Å². The molecule has 8 nitrogen and oxygen atoms in total. The van der Waals surface area contributed by atoms with Crippen LogP contribution in [0.2, 0.25) is 0 Å². The Morgan fingerprint density at radius 2 is 1.90 bits per heavy atom. The van der Waals surface area contributed by atoms with Crippen LogP contribution in [0.4, 0.5) is 0 Å². The maximum absolute atomic E-state index is 13.3. The van der Waals surface area contributed by atoms with Crippen LogP contribution in [-0.2, 0) is 4.79 Å². The molecule has 3 aromatic rings. The minimum absolute atomic E-state index is 0.216. The lowest BCUT2D eigenvalue weighted by molar-refractivity contribution is -0.125. The summed E-state index contributed by atoms with van der Waals surface area (Å²) in [5.74, 6) is 1.71. The van der Waals surface area contributed by atoms with Crippen LogP contribution in [-0.4, -0.2) is 57.3 Å². The highest BCUT2D eigenvalue weighted by atomic mass is 16.6. The Morgan fingerprint density at radius 3 is 2.62 bits per heavy atom. The van der Waals surface area contributed by atoms with E-state index in [1.165, 1.54) is 4.68 Å². The van der Waals surface area contributed by atoms with Crippen molar-refractivity contribution in [1.29, 1.82) is 0 Å². The molecule has 1 aromatic heterocycles. The Bertz CT molecular complexity index is 1030. The van der Waals surface area contributed by atoms with Gasteiger partial charge in [-0.2, -0.15) is 4.68 Å². The summed E-state index contributed by atoms with van der Waals surface area (Å²) in [4.78, 5) is 14.9. The number of ether oxygens (including phenoxy) is 2. The molecule has 0 N–H and O–H groups in total. The highest BCUT2D eigenvalue weighted by molar-refractivity contribution is 6.18. The molecule has 1 aliphatic rings. The highest BCUT2D eigenvalue weighted by Crippen LogP contribution is 2.31. The summed E-state index contributed by atoms with van der Waals surface area (Å²) in [6.07, 6.45) is 1.50. The molecule has 1 atom stereocenters. The van der Waals surface area contributed by atoms with Gasteiger partial charge in [-0.3, -0.25) is 4.79 Å².